The van der Waals surface area contributed by atoms with Crippen LogP contribution in [0.3, 0.4) is 0 Å². The van der Waals surface area contributed by atoms with Crippen LogP contribution in [0.4, 0.5) is 0 Å². The van der Waals surface area contributed by atoms with E-state index in [-0.39, 0.29) is 48.2 Å². The third-order valence-corrected chi connectivity index (χ3v) is 9.08. The molecule has 0 aromatic heterocycles. The van der Waals surface area contributed by atoms with Crippen molar-refractivity contribution in [3.05, 3.63) is 108 Å². The molecule has 45 heavy (non-hydrogen) atoms. The zero-order valence-electron chi connectivity index (χ0n) is 25.9. The number of carbonyl (C=O) groups excluding carboxylic acids is 4. The highest BCUT2D eigenvalue weighted by Gasteiger charge is 2.48. The largest absolute Gasteiger partial charge is 0.356 e. The topological polar surface area (TPSA) is 120 Å². The number of rotatable bonds is 11. The van der Waals surface area contributed by atoms with Gasteiger partial charge < -0.3 is 26.2 Å². The summed E-state index contributed by atoms with van der Waals surface area (Å²) in [7, 11) is 1.73. The molecule has 0 spiro atoms. The number of nitrogens with zero attached hydrogens (tertiary/aromatic N) is 1. The predicted molar refractivity (Wildman–Crippen MR) is 173 cm³/mol. The lowest BCUT2D eigenvalue weighted by Gasteiger charge is -2.33. The maximum atomic E-state index is 14.4. The second-order valence-corrected chi connectivity index (χ2v) is 12.0. The van der Waals surface area contributed by atoms with E-state index in [1.807, 2.05) is 91.0 Å². The van der Waals surface area contributed by atoms with Crippen molar-refractivity contribution in [2.75, 3.05) is 13.6 Å². The van der Waals surface area contributed by atoms with Gasteiger partial charge in [-0.2, -0.15) is 0 Å². The molecule has 5 rings (SSSR count). The summed E-state index contributed by atoms with van der Waals surface area (Å²) < 4.78 is 0. The minimum Gasteiger partial charge on any atom is -0.356 e. The second kappa shape index (κ2) is 15.0. The summed E-state index contributed by atoms with van der Waals surface area (Å²) in [5.74, 6) is -1.29. The zero-order valence-corrected chi connectivity index (χ0v) is 25.9. The smallest absolute Gasteiger partial charge is 0.246 e. The third-order valence-electron chi connectivity index (χ3n) is 9.08. The highest BCUT2D eigenvalue weighted by molar-refractivity contribution is 5.94. The van der Waals surface area contributed by atoms with Crippen LogP contribution in [0.25, 0.3) is 0 Å². The number of hydrogen-bond donors (Lipinski definition) is 4. The van der Waals surface area contributed by atoms with E-state index in [0.717, 1.165) is 16.7 Å². The number of benzene rings is 3. The van der Waals surface area contributed by atoms with E-state index < -0.39 is 18.1 Å². The summed E-state index contributed by atoms with van der Waals surface area (Å²) in [6.07, 6.45) is 3.02. The monoisotopic (exact) mass is 609 g/mol. The van der Waals surface area contributed by atoms with Crippen LogP contribution in [0.1, 0.15) is 55.3 Å². The Morgan fingerprint density at radius 2 is 1.40 bits per heavy atom. The van der Waals surface area contributed by atoms with Gasteiger partial charge in [0.05, 0.1) is 12.1 Å². The second-order valence-electron chi connectivity index (χ2n) is 12.0. The molecule has 2 fully saturated rings. The molecule has 0 bridgehead atoms. The summed E-state index contributed by atoms with van der Waals surface area (Å²) in [5.41, 5.74) is 2.90. The Morgan fingerprint density at radius 3 is 1.98 bits per heavy atom. The molecule has 3 aromatic carbocycles. The van der Waals surface area contributed by atoms with Crippen LogP contribution in [0.5, 0.6) is 0 Å². The molecule has 0 radical (unpaired) electrons. The third kappa shape index (κ3) is 7.78. The standard InChI is InChI=1S/C36H43N5O4/c1-24(42)38-23-28-18-19-29-20-21-31(35(44)39-32(26-14-8-4-9-15-26)27-16-10-5-11-17-27)41(29)36(45)33(28)40-34(43)30(37-2)22-25-12-6-3-7-13-25/h3-17,28-33,37H,18-23H2,1-2H3,(H,38,42)(H,39,44)(H,40,43)/t28-,29?,30?,31+,33+/m1/s1. The van der Waals surface area contributed by atoms with Gasteiger partial charge in [-0.3, -0.25) is 19.2 Å². The SMILES string of the molecule is CNC(Cc1ccccc1)C(=O)N[C@@H]1C(=O)N2C(CC[C@@H]1CNC(C)=O)CC[C@H]2C(=O)NC(c1ccccc1)c1ccccc1. The van der Waals surface area contributed by atoms with Crippen LogP contribution in [0.2, 0.25) is 0 Å². The van der Waals surface area contributed by atoms with E-state index >= 15 is 0 Å². The molecular weight excluding hydrogens is 566 g/mol. The van der Waals surface area contributed by atoms with Gasteiger partial charge in [0.25, 0.3) is 0 Å². The molecule has 9 nitrogen and oxygen atoms in total. The first-order valence-electron chi connectivity index (χ1n) is 15.8. The highest BCUT2D eigenvalue weighted by Crippen LogP contribution is 2.35. The van der Waals surface area contributed by atoms with E-state index in [2.05, 4.69) is 21.3 Å². The Hall–Kier alpha value is -4.50. The van der Waals surface area contributed by atoms with E-state index in [4.69, 9.17) is 0 Å². The fourth-order valence-corrected chi connectivity index (χ4v) is 6.69. The van der Waals surface area contributed by atoms with Gasteiger partial charge in [0.15, 0.2) is 0 Å². The van der Waals surface area contributed by atoms with Crippen molar-refractivity contribution >= 4 is 23.6 Å². The van der Waals surface area contributed by atoms with Gasteiger partial charge in [0, 0.05) is 25.4 Å². The molecule has 2 aliphatic rings. The number of amides is 4. The Morgan fingerprint density at radius 1 is 0.822 bits per heavy atom. The molecule has 5 atom stereocenters. The van der Waals surface area contributed by atoms with Gasteiger partial charge >= 0.3 is 0 Å². The highest BCUT2D eigenvalue weighted by atomic mass is 16.2. The van der Waals surface area contributed by atoms with Crippen LogP contribution in [-0.2, 0) is 25.6 Å². The minimum atomic E-state index is -0.881. The number of carbonyl (C=O) groups is 4. The summed E-state index contributed by atoms with van der Waals surface area (Å²) in [6, 6.07) is 26.7. The fourth-order valence-electron chi connectivity index (χ4n) is 6.69. The van der Waals surface area contributed by atoms with Crippen molar-refractivity contribution < 1.29 is 19.2 Å². The van der Waals surface area contributed by atoms with Crippen molar-refractivity contribution in [2.24, 2.45) is 5.92 Å². The number of likely N-dealkylation sites (N-methyl/N-ethyl adjacent to an activating group) is 1. The Labute approximate surface area is 265 Å². The molecule has 4 N–H and O–H groups in total. The number of nitrogens with one attached hydrogen (secondary N) is 4. The van der Waals surface area contributed by atoms with Crippen molar-refractivity contribution in [1.82, 2.24) is 26.2 Å². The molecule has 2 saturated heterocycles. The van der Waals surface area contributed by atoms with Crippen LogP contribution < -0.4 is 21.3 Å². The lowest BCUT2D eigenvalue weighted by Crippen LogP contribution is -2.59. The zero-order chi connectivity index (χ0) is 31.8. The van der Waals surface area contributed by atoms with Gasteiger partial charge in [-0.05, 0) is 55.8 Å². The molecular formula is C36H43N5O4. The Bertz CT molecular complexity index is 1410. The van der Waals surface area contributed by atoms with E-state index in [0.29, 0.717) is 32.1 Å². The van der Waals surface area contributed by atoms with Crippen molar-refractivity contribution in [3.8, 4) is 0 Å². The fraction of sp³-hybridized carbons (Fsp3) is 0.389. The summed E-state index contributed by atoms with van der Waals surface area (Å²) in [5, 5.41) is 12.2. The predicted octanol–water partition coefficient (Wildman–Crippen LogP) is 3.11. The molecule has 2 heterocycles. The Balaban J connectivity index is 1.38. The van der Waals surface area contributed by atoms with Gasteiger partial charge in [-0.15, -0.1) is 0 Å². The molecule has 9 heteroatoms. The first-order chi connectivity index (χ1) is 21.9. The lowest BCUT2D eigenvalue weighted by atomic mass is 9.92. The van der Waals surface area contributed by atoms with Crippen LogP contribution in [0.15, 0.2) is 91.0 Å². The van der Waals surface area contributed by atoms with Gasteiger partial charge in [-0.25, -0.2) is 0 Å². The minimum absolute atomic E-state index is 0.119. The summed E-state index contributed by atoms with van der Waals surface area (Å²) in [4.78, 5) is 55.7. The quantitative estimate of drug-likeness (QED) is 0.267. The average Bonchev–Trinajstić information content (AvgIpc) is 3.45. The van der Waals surface area contributed by atoms with Crippen LogP contribution in [0, 0.1) is 5.92 Å². The van der Waals surface area contributed by atoms with E-state index in [9.17, 15) is 19.2 Å². The summed E-state index contributed by atoms with van der Waals surface area (Å²) >= 11 is 0. The first kappa shape index (κ1) is 31.9. The molecule has 0 aliphatic carbocycles. The molecule has 4 amide bonds. The number of fused-ring (bicyclic) bond motifs is 1. The van der Waals surface area contributed by atoms with Crippen molar-refractivity contribution in [1.29, 1.82) is 0 Å². The molecule has 3 aromatic rings. The number of hydrogen-bond acceptors (Lipinski definition) is 5. The average molecular weight is 610 g/mol. The lowest BCUT2D eigenvalue weighted by molar-refractivity contribution is -0.143. The molecule has 2 unspecified atom stereocenters. The Kier molecular flexibility index (Phi) is 10.6. The van der Waals surface area contributed by atoms with Gasteiger partial charge in [-0.1, -0.05) is 91.0 Å². The molecule has 236 valence electrons. The van der Waals surface area contributed by atoms with E-state index in [1.165, 1.54) is 6.92 Å². The van der Waals surface area contributed by atoms with Gasteiger partial charge in [0.1, 0.15) is 12.1 Å². The molecule has 0 saturated carbocycles. The van der Waals surface area contributed by atoms with Crippen molar-refractivity contribution in [3.63, 3.8) is 0 Å². The summed E-state index contributed by atoms with van der Waals surface area (Å²) in [6.45, 7) is 1.70. The van der Waals surface area contributed by atoms with Crippen LogP contribution in [-0.4, -0.2) is 66.3 Å². The maximum absolute atomic E-state index is 14.4. The molecule has 2 aliphatic heterocycles. The van der Waals surface area contributed by atoms with Crippen molar-refractivity contribution in [2.45, 2.75) is 69.2 Å². The van der Waals surface area contributed by atoms with Gasteiger partial charge in [0.2, 0.25) is 23.6 Å². The van der Waals surface area contributed by atoms with E-state index in [1.54, 1.807) is 11.9 Å². The normalized spacial score (nSPS) is 21.8. The maximum Gasteiger partial charge on any atom is 0.246 e. The first-order valence-corrected chi connectivity index (χ1v) is 15.8. The van der Waals surface area contributed by atoms with Crippen LogP contribution >= 0.6 is 0 Å².